The van der Waals surface area contributed by atoms with E-state index in [4.69, 9.17) is 15.2 Å². The Labute approximate surface area is 254 Å². The molecule has 0 spiro atoms. The zero-order valence-corrected chi connectivity index (χ0v) is 24.2. The molecule has 1 aliphatic heterocycles. The lowest BCUT2D eigenvalue weighted by Gasteiger charge is -2.32. The molecule has 45 heavy (non-hydrogen) atoms. The number of halogens is 4. The molecule has 4 aromatic rings. The van der Waals surface area contributed by atoms with Gasteiger partial charge in [-0.15, -0.1) is 0 Å². The Balaban J connectivity index is 1.44. The number of hydrogen-bond acceptors (Lipinski definition) is 7. The summed E-state index contributed by atoms with van der Waals surface area (Å²) in [6, 6.07) is 10.3. The molecule has 1 unspecified atom stereocenters. The molecule has 1 saturated carbocycles. The molecule has 0 saturated heterocycles. The Morgan fingerprint density at radius 2 is 1.87 bits per heavy atom. The van der Waals surface area contributed by atoms with Crippen LogP contribution in [0.1, 0.15) is 40.0 Å². The number of nitrogens with two attached hydrogens (primary N) is 1. The number of carbonyl (C=O) groups excluding carboxylic acids is 2. The lowest BCUT2D eigenvalue weighted by molar-refractivity contribution is -0.265. The van der Waals surface area contributed by atoms with Crippen molar-refractivity contribution in [1.82, 2.24) is 15.3 Å². The SMILES string of the molecule is COc1cc(C(=O)NCC(O)(c2cc3c(c(-c4ccc(F)cc4)n2)OC[C@@]3(C(N)=O)C2CC2)C(F)(F)F)cc2cc(C)cnc12. The van der Waals surface area contributed by atoms with Crippen LogP contribution in [0.25, 0.3) is 22.2 Å². The van der Waals surface area contributed by atoms with Crippen molar-refractivity contribution in [2.45, 2.75) is 37.0 Å². The highest BCUT2D eigenvalue weighted by Crippen LogP contribution is 2.56. The van der Waals surface area contributed by atoms with Gasteiger partial charge in [-0.3, -0.25) is 14.6 Å². The van der Waals surface area contributed by atoms with E-state index in [0.29, 0.717) is 23.7 Å². The quantitative estimate of drug-likeness (QED) is 0.246. The molecule has 2 aliphatic rings. The van der Waals surface area contributed by atoms with Gasteiger partial charge in [0, 0.05) is 28.3 Å². The van der Waals surface area contributed by atoms with Crippen LogP contribution in [0.3, 0.4) is 0 Å². The Morgan fingerprint density at radius 1 is 1.16 bits per heavy atom. The van der Waals surface area contributed by atoms with Gasteiger partial charge >= 0.3 is 6.18 Å². The molecule has 234 valence electrons. The number of nitrogens with one attached hydrogen (secondary N) is 1. The number of alkyl halides is 3. The molecule has 2 aromatic carbocycles. The molecule has 0 radical (unpaired) electrons. The third kappa shape index (κ3) is 5.00. The Bertz CT molecular complexity index is 1840. The van der Waals surface area contributed by atoms with Crippen LogP contribution >= 0.6 is 0 Å². The van der Waals surface area contributed by atoms with Gasteiger partial charge in [0.05, 0.1) is 19.3 Å². The van der Waals surface area contributed by atoms with Crippen molar-refractivity contribution in [3.8, 4) is 22.8 Å². The maximum Gasteiger partial charge on any atom is 0.424 e. The van der Waals surface area contributed by atoms with Gasteiger partial charge < -0.3 is 25.6 Å². The highest BCUT2D eigenvalue weighted by molar-refractivity contribution is 6.00. The van der Waals surface area contributed by atoms with Crippen LogP contribution in [0.4, 0.5) is 17.6 Å². The summed E-state index contributed by atoms with van der Waals surface area (Å²) in [6.07, 6.45) is -2.55. The van der Waals surface area contributed by atoms with Gasteiger partial charge in [-0.25, -0.2) is 9.37 Å². The van der Waals surface area contributed by atoms with Gasteiger partial charge in [-0.05, 0) is 79.8 Å². The molecule has 2 amide bonds. The van der Waals surface area contributed by atoms with Gasteiger partial charge in [0.25, 0.3) is 5.91 Å². The number of fused-ring (bicyclic) bond motifs is 2. The number of pyridine rings is 2. The summed E-state index contributed by atoms with van der Waals surface area (Å²) in [5.74, 6) is -2.33. The highest BCUT2D eigenvalue weighted by Gasteiger charge is 2.60. The molecule has 4 N–H and O–H groups in total. The van der Waals surface area contributed by atoms with Crippen LogP contribution < -0.4 is 20.5 Å². The maximum atomic E-state index is 14.8. The van der Waals surface area contributed by atoms with Crippen molar-refractivity contribution in [2.24, 2.45) is 11.7 Å². The van der Waals surface area contributed by atoms with Gasteiger partial charge in [0.15, 0.2) is 0 Å². The maximum absolute atomic E-state index is 14.8. The van der Waals surface area contributed by atoms with Crippen LogP contribution in [-0.2, 0) is 15.8 Å². The molecule has 3 heterocycles. The minimum absolute atomic E-state index is 0.0248. The summed E-state index contributed by atoms with van der Waals surface area (Å²) in [5.41, 5.74) is 1.09. The second kappa shape index (κ2) is 10.7. The van der Waals surface area contributed by atoms with Crippen LogP contribution in [0, 0.1) is 18.7 Å². The molecule has 13 heteroatoms. The molecule has 1 fully saturated rings. The van der Waals surface area contributed by atoms with Crippen LogP contribution in [0.5, 0.6) is 11.5 Å². The molecule has 2 aromatic heterocycles. The zero-order chi connectivity index (χ0) is 32.3. The summed E-state index contributed by atoms with van der Waals surface area (Å²) in [4.78, 5) is 34.6. The first-order valence-electron chi connectivity index (χ1n) is 14.0. The van der Waals surface area contributed by atoms with Crippen LogP contribution in [0.15, 0.2) is 54.7 Å². The molecule has 0 bridgehead atoms. The first kappa shape index (κ1) is 30.3. The number of rotatable bonds is 8. The van der Waals surface area contributed by atoms with Crippen molar-refractivity contribution in [1.29, 1.82) is 0 Å². The number of ether oxygens (including phenoxy) is 2. The standard InChI is InChI=1S/C32H28F4N4O5/c1-16-9-18-10-19(11-23(44-2)25(18)38-13-16)28(41)39-14-31(43,32(34,35)36)24-12-22-27(26(40-24)17-3-7-21(33)8-4-17)45-15-30(22,29(37)42)20-5-6-20/h3-4,7-13,20,43H,5-6,14-15H2,1-2H3,(H2,37,42)(H,39,41)/t30-,31?/m1/s1. The number of amides is 2. The molecule has 6 rings (SSSR count). The summed E-state index contributed by atoms with van der Waals surface area (Å²) in [5, 5.41) is 14.1. The average Bonchev–Trinajstić information content (AvgIpc) is 3.78. The Morgan fingerprint density at radius 3 is 2.49 bits per heavy atom. The molecule has 1 aliphatic carbocycles. The molecular weight excluding hydrogens is 596 g/mol. The smallest absolute Gasteiger partial charge is 0.424 e. The van der Waals surface area contributed by atoms with Crippen molar-refractivity contribution >= 4 is 22.7 Å². The number of aryl methyl sites for hydroxylation is 1. The Kier molecular flexibility index (Phi) is 7.18. The van der Waals surface area contributed by atoms with Crippen molar-refractivity contribution < 1.29 is 41.7 Å². The van der Waals surface area contributed by atoms with E-state index < -0.39 is 47.1 Å². The fourth-order valence-corrected chi connectivity index (χ4v) is 5.87. The van der Waals surface area contributed by atoms with Crippen molar-refractivity contribution in [2.75, 3.05) is 20.3 Å². The Hall–Kier alpha value is -4.78. The van der Waals surface area contributed by atoms with E-state index in [-0.39, 0.29) is 46.4 Å². The predicted octanol–water partition coefficient (Wildman–Crippen LogP) is 4.46. The van der Waals surface area contributed by atoms with E-state index in [1.54, 1.807) is 19.2 Å². The van der Waals surface area contributed by atoms with Gasteiger partial charge in [-0.1, -0.05) is 0 Å². The minimum atomic E-state index is -5.35. The van der Waals surface area contributed by atoms with E-state index in [1.807, 2.05) is 0 Å². The van der Waals surface area contributed by atoms with E-state index in [0.717, 1.165) is 23.8 Å². The fraction of sp³-hybridized carbons (Fsp3) is 0.312. The summed E-state index contributed by atoms with van der Waals surface area (Å²) >= 11 is 0. The second-order valence-electron chi connectivity index (χ2n) is 11.4. The number of nitrogens with zero attached hydrogens (tertiary/aromatic N) is 2. The molecule has 2 atom stereocenters. The molecule has 9 nitrogen and oxygen atoms in total. The number of carbonyl (C=O) groups is 2. The molecular formula is C32H28F4N4O5. The van der Waals surface area contributed by atoms with Gasteiger partial charge in [0.2, 0.25) is 11.5 Å². The summed E-state index contributed by atoms with van der Waals surface area (Å²) in [6.45, 7) is 0.241. The zero-order valence-electron chi connectivity index (χ0n) is 24.2. The summed E-state index contributed by atoms with van der Waals surface area (Å²) in [7, 11) is 1.37. The average molecular weight is 625 g/mol. The van der Waals surface area contributed by atoms with E-state index >= 15 is 0 Å². The first-order valence-corrected chi connectivity index (χ1v) is 14.0. The van der Waals surface area contributed by atoms with E-state index in [1.165, 1.54) is 31.4 Å². The third-order valence-electron chi connectivity index (χ3n) is 8.49. The number of aromatic nitrogens is 2. The number of primary amides is 1. The van der Waals surface area contributed by atoms with E-state index in [9.17, 15) is 32.3 Å². The minimum Gasteiger partial charge on any atom is -0.494 e. The third-order valence-corrected chi connectivity index (χ3v) is 8.49. The topological polar surface area (TPSA) is 137 Å². The van der Waals surface area contributed by atoms with Crippen molar-refractivity contribution in [3.63, 3.8) is 0 Å². The van der Waals surface area contributed by atoms with Gasteiger partial charge in [-0.2, -0.15) is 13.2 Å². The normalized spacial score (nSPS) is 19.0. The number of methoxy groups -OCH3 is 1. The lowest BCUT2D eigenvalue weighted by atomic mass is 9.76. The van der Waals surface area contributed by atoms with Crippen LogP contribution in [0.2, 0.25) is 0 Å². The monoisotopic (exact) mass is 624 g/mol. The second-order valence-corrected chi connectivity index (χ2v) is 11.4. The number of hydrogen-bond donors (Lipinski definition) is 3. The largest absolute Gasteiger partial charge is 0.494 e. The highest BCUT2D eigenvalue weighted by atomic mass is 19.4. The van der Waals surface area contributed by atoms with E-state index in [2.05, 4.69) is 15.3 Å². The first-order chi connectivity index (χ1) is 21.3. The van der Waals surface area contributed by atoms with Gasteiger partial charge in [0.1, 0.15) is 40.5 Å². The van der Waals surface area contributed by atoms with Crippen molar-refractivity contribution in [3.05, 3.63) is 82.9 Å². The van der Waals surface area contributed by atoms with Crippen LogP contribution in [-0.4, -0.2) is 53.3 Å². The number of aliphatic hydroxyl groups is 1. The number of benzene rings is 2. The summed E-state index contributed by atoms with van der Waals surface area (Å²) < 4.78 is 69.5. The fourth-order valence-electron chi connectivity index (χ4n) is 5.87. The predicted molar refractivity (Wildman–Crippen MR) is 154 cm³/mol. The lowest BCUT2D eigenvalue weighted by Crippen LogP contribution is -2.52.